The summed E-state index contributed by atoms with van der Waals surface area (Å²) in [6.45, 7) is 3.42. The highest BCUT2D eigenvalue weighted by Gasteiger charge is 2.29. The molecule has 3 aromatic rings. The summed E-state index contributed by atoms with van der Waals surface area (Å²) in [6.07, 6.45) is 10.4. The van der Waals surface area contributed by atoms with Crippen LogP contribution in [0.1, 0.15) is 35.3 Å². The first-order chi connectivity index (χ1) is 11.7. The van der Waals surface area contributed by atoms with Crippen LogP contribution in [-0.2, 0) is 6.54 Å². The van der Waals surface area contributed by atoms with Crippen LogP contribution >= 0.6 is 0 Å². The van der Waals surface area contributed by atoms with Crippen molar-refractivity contribution in [3.8, 4) is 0 Å². The van der Waals surface area contributed by atoms with Crippen LogP contribution in [0.3, 0.4) is 0 Å². The van der Waals surface area contributed by atoms with Crippen molar-refractivity contribution >= 4 is 11.6 Å². The lowest BCUT2D eigenvalue weighted by molar-refractivity contribution is 0.0585. The second kappa shape index (κ2) is 6.07. The number of hydrogen-bond donors (Lipinski definition) is 0. The van der Waals surface area contributed by atoms with Crippen molar-refractivity contribution in [2.45, 2.75) is 38.8 Å². The molecular formula is C17H20N6O. The highest BCUT2D eigenvalue weighted by molar-refractivity contribution is 5.99. The van der Waals surface area contributed by atoms with Gasteiger partial charge in [0.1, 0.15) is 5.56 Å². The van der Waals surface area contributed by atoms with Gasteiger partial charge in [-0.25, -0.2) is 9.50 Å². The molecule has 1 atom stereocenters. The van der Waals surface area contributed by atoms with Gasteiger partial charge in [0, 0.05) is 30.8 Å². The number of aryl methyl sites for hydroxylation is 1. The first kappa shape index (κ1) is 14.9. The average Bonchev–Trinajstić information content (AvgIpc) is 3.24. The van der Waals surface area contributed by atoms with Crippen LogP contribution in [0.4, 0.5) is 0 Å². The lowest BCUT2D eigenvalue weighted by Gasteiger charge is -2.35. The molecule has 1 fully saturated rings. The number of amides is 1. The second-order valence-corrected chi connectivity index (χ2v) is 6.27. The standard InChI is InChI=1S/C17H20N6O/c1-13-6-10-23-16(20-13)15(11-19-23)17(24)22-9-3-2-5-14(22)12-21-8-4-7-18-21/h4,6-8,10-11,14H,2-3,5,9,12H2,1H3/t14-/m1/s1. The van der Waals surface area contributed by atoms with E-state index < -0.39 is 0 Å². The van der Waals surface area contributed by atoms with Crippen molar-refractivity contribution in [3.63, 3.8) is 0 Å². The molecule has 0 aromatic carbocycles. The maximum atomic E-state index is 13.1. The predicted octanol–water partition coefficient (Wildman–Crippen LogP) is 1.93. The molecule has 4 heterocycles. The third kappa shape index (κ3) is 2.66. The number of aromatic nitrogens is 5. The number of carbonyl (C=O) groups excluding carboxylic acids is 1. The summed E-state index contributed by atoms with van der Waals surface area (Å²) in [7, 11) is 0. The minimum absolute atomic E-state index is 0.0138. The van der Waals surface area contributed by atoms with Gasteiger partial charge >= 0.3 is 0 Å². The van der Waals surface area contributed by atoms with Crippen molar-refractivity contribution < 1.29 is 4.79 Å². The molecule has 7 heteroatoms. The molecular weight excluding hydrogens is 304 g/mol. The molecule has 0 N–H and O–H groups in total. The van der Waals surface area contributed by atoms with Crippen LogP contribution in [0.5, 0.6) is 0 Å². The number of piperidine rings is 1. The van der Waals surface area contributed by atoms with E-state index in [2.05, 4.69) is 15.2 Å². The Morgan fingerprint density at radius 3 is 3.04 bits per heavy atom. The largest absolute Gasteiger partial charge is 0.334 e. The van der Waals surface area contributed by atoms with Crippen LogP contribution in [0.15, 0.2) is 36.9 Å². The van der Waals surface area contributed by atoms with E-state index in [9.17, 15) is 4.79 Å². The number of nitrogens with zero attached hydrogens (tertiary/aromatic N) is 6. The molecule has 3 aromatic heterocycles. The Labute approximate surface area is 139 Å². The van der Waals surface area contributed by atoms with Crippen molar-refractivity contribution in [2.75, 3.05) is 6.54 Å². The molecule has 4 rings (SSSR count). The lowest BCUT2D eigenvalue weighted by Crippen LogP contribution is -2.46. The smallest absolute Gasteiger partial charge is 0.259 e. The summed E-state index contributed by atoms with van der Waals surface area (Å²) in [5.74, 6) is 0.0138. The zero-order valence-corrected chi connectivity index (χ0v) is 13.7. The van der Waals surface area contributed by atoms with Gasteiger partial charge in [-0.1, -0.05) is 0 Å². The van der Waals surface area contributed by atoms with Crippen LogP contribution in [0.2, 0.25) is 0 Å². The summed E-state index contributed by atoms with van der Waals surface area (Å²) < 4.78 is 3.56. The fraction of sp³-hybridized carbons (Fsp3) is 0.412. The molecule has 124 valence electrons. The molecule has 1 amide bonds. The highest BCUT2D eigenvalue weighted by atomic mass is 16.2. The predicted molar refractivity (Wildman–Crippen MR) is 88.6 cm³/mol. The topological polar surface area (TPSA) is 68.3 Å². The van der Waals surface area contributed by atoms with Gasteiger partial charge in [0.05, 0.1) is 18.8 Å². The minimum Gasteiger partial charge on any atom is -0.334 e. The lowest BCUT2D eigenvalue weighted by atomic mass is 10.0. The van der Waals surface area contributed by atoms with E-state index in [-0.39, 0.29) is 11.9 Å². The van der Waals surface area contributed by atoms with Crippen molar-refractivity contribution in [2.24, 2.45) is 0 Å². The number of hydrogen-bond acceptors (Lipinski definition) is 4. The Morgan fingerprint density at radius 2 is 2.21 bits per heavy atom. The van der Waals surface area contributed by atoms with Crippen LogP contribution in [0.25, 0.3) is 5.65 Å². The molecule has 0 aliphatic carbocycles. The molecule has 1 aliphatic heterocycles. The Hall–Kier alpha value is -2.70. The van der Waals surface area contributed by atoms with E-state index >= 15 is 0 Å². The van der Waals surface area contributed by atoms with E-state index in [1.165, 1.54) is 0 Å². The summed E-state index contributed by atoms with van der Waals surface area (Å²) in [5.41, 5.74) is 2.08. The van der Waals surface area contributed by atoms with E-state index in [1.807, 2.05) is 41.0 Å². The first-order valence-corrected chi connectivity index (χ1v) is 8.32. The van der Waals surface area contributed by atoms with Gasteiger partial charge in [-0.05, 0) is 38.3 Å². The van der Waals surface area contributed by atoms with E-state index in [0.29, 0.717) is 11.2 Å². The maximum Gasteiger partial charge on any atom is 0.259 e. The van der Waals surface area contributed by atoms with E-state index in [0.717, 1.165) is 38.0 Å². The fourth-order valence-corrected chi connectivity index (χ4v) is 3.35. The van der Waals surface area contributed by atoms with Gasteiger partial charge in [-0.3, -0.25) is 9.48 Å². The summed E-state index contributed by atoms with van der Waals surface area (Å²) in [4.78, 5) is 19.6. The van der Waals surface area contributed by atoms with Gasteiger partial charge in [0.2, 0.25) is 0 Å². The van der Waals surface area contributed by atoms with Gasteiger partial charge in [-0.15, -0.1) is 0 Å². The van der Waals surface area contributed by atoms with Crippen molar-refractivity contribution in [1.29, 1.82) is 0 Å². The van der Waals surface area contributed by atoms with Crippen LogP contribution in [-0.4, -0.2) is 47.8 Å². The van der Waals surface area contributed by atoms with Crippen molar-refractivity contribution in [1.82, 2.24) is 29.3 Å². The molecule has 0 spiro atoms. The first-order valence-electron chi connectivity index (χ1n) is 8.32. The molecule has 24 heavy (non-hydrogen) atoms. The molecule has 1 saturated heterocycles. The molecule has 0 unspecified atom stereocenters. The Morgan fingerprint density at radius 1 is 1.29 bits per heavy atom. The average molecular weight is 324 g/mol. The van der Waals surface area contributed by atoms with E-state index in [1.54, 1.807) is 16.9 Å². The number of fused-ring (bicyclic) bond motifs is 1. The third-order valence-corrected chi connectivity index (χ3v) is 4.58. The number of rotatable bonds is 3. The maximum absolute atomic E-state index is 13.1. The van der Waals surface area contributed by atoms with Crippen LogP contribution < -0.4 is 0 Å². The molecule has 0 bridgehead atoms. The Kier molecular flexibility index (Phi) is 3.76. The number of likely N-dealkylation sites (tertiary alicyclic amines) is 1. The Balaban J connectivity index is 1.64. The van der Waals surface area contributed by atoms with Crippen LogP contribution in [0, 0.1) is 6.92 Å². The quantitative estimate of drug-likeness (QED) is 0.738. The summed E-state index contributed by atoms with van der Waals surface area (Å²) in [6, 6.07) is 3.95. The summed E-state index contributed by atoms with van der Waals surface area (Å²) >= 11 is 0. The fourth-order valence-electron chi connectivity index (χ4n) is 3.35. The van der Waals surface area contributed by atoms with E-state index in [4.69, 9.17) is 0 Å². The SMILES string of the molecule is Cc1ccn2ncc(C(=O)N3CCCC[C@@H]3Cn3cccn3)c2n1. The highest BCUT2D eigenvalue weighted by Crippen LogP contribution is 2.22. The van der Waals surface area contributed by atoms with Gasteiger partial charge < -0.3 is 4.90 Å². The third-order valence-electron chi connectivity index (χ3n) is 4.58. The monoisotopic (exact) mass is 324 g/mol. The zero-order valence-electron chi connectivity index (χ0n) is 13.7. The minimum atomic E-state index is 0.0138. The molecule has 1 aliphatic rings. The van der Waals surface area contributed by atoms with Gasteiger partial charge in [0.15, 0.2) is 5.65 Å². The molecule has 0 radical (unpaired) electrons. The second-order valence-electron chi connectivity index (χ2n) is 6.27. The summed E-state index contributed by atoms with van der Waals surface area (Å²) in [5, 5.41) is 8.54. The zero-order chi connectivity index (χ0) is 16.5. The molecule has 7 nitrogen and oxygen atoms in total. The van der Waals surface area contributed by atoms with Crippen molar-refractivity contribution in [3.05, 3.63) is 48.2 Å². The normalized spacial score (nSPS) is 18.2. The number of carbonyl (C=O) groups is 1. The van der Waals surface area contributed by atoms with Gasteiger partial charge in [-0.2, -0.15) is 10.2 Å². The van der Waals surface area contributed by atoms with Gasteiger partial charge in [0.25, 0.3) is 5.91 Å². The molecule has 0 saturated carbocycles. The Bertz CT molecular complexity index is 853.